The van der Waals surface area contributed by atoms with Crippen molar-refractivity contribution >= 4 is 15.9 Å². The van der Waals surface area contributed by atoms with Gasteiger partial charge >= 0.3 is 0 Å². The van der Waals surface area contributed by atoms with Gasteiger partial charge in [0.05, 0.1) is 11.4 Å². The summed E-state index contributed by atoms with van der Waals surface area (Å²) in [5.74, 6) is -1.55. The number of rotatable bonds is 5. The number of amides is 1. The van der Waals surface area contributed by atoms with Crippen molar-refractivity contribution < 1.29 is 22.0 Å². The molecule has 5 nitrogen and oxygen atoms in total. The molecular weight excluding hydrogens is 362 g/mol. The molecule has 1 amide bonds. The third-order valence-corrected chi connectivity index (χ3v) is 6.16. The van der Waals surface area contributed by atoms with Crippen LogP contribution in [0.2, 0.25) is 0 Å². The zero-order chi connectivity index (χ0) is 18.8. The molecule has 2 aromatic rings. The van der Waals surface area contributed by atoms with Crippen molar-refractivity contribution in [3.05, 3.63) is 66.0 Å². The third kappa shape index (κ3) is 3.76. The Morgan fingerprint density at radius 2 is 1.88 bits per heavy atom. The van der Waals surface area contributed by atoms with Crippen LogP contribution in [-0.4, -0.2) is 37.4 Å². The van der Waals surface area contributed by atoms with E-state index in [0.29, 0.717) is 0 Å². The molecule has 0 aromatic heterocycles. The molecule has 0 saturated carbocycles. The average molecular weight is 380 g/mol. The second-order valence-electron chi connectivity index (χ2n) is 6.18. The van der Waals surface area contributed by atoms with Gasteiger partial charge in [0.25, 0.3) is 5.91 Å². The molecule has 2 aromatic carbocycles. The van der Waals surface area contributed by atoms with Crippen molar-refractivity contribution in [2.45, 2.75) is 23.5 Å². The van der Waals surface area contributed by atoms with Gasteiger partial charge in [-0.2, -0.15) is 4.31 Å². The smallest absolute Gasteiger partial charge is 0.259 e. The van der Waals surface area contributed by atoms with Crippen LogP contribution in [0.3, 0.4) is 0 Å². The van der Waals surface area contributed by atoms with Crippen molar-refractivity contribution in [2.75, 3.05) is 13.1 Å². The van der Waals surface area contributed by atoms with E-state index in [1.807, 2.05) is 6.07 Å². The molecule has 0 spiro atoms. The Kier molecular flexibility index (Phi) is 5.06. The minimum Gasteiger partial charge on any atom is -0.349 e. The summed E-state index contributed by atoms with van der Waals surface area (Å²) < 4.78 is 54.3. The van der Waals surface area contributed by atoms with Crippen LogP contribution in [0.5, 0.6) is 0 Å². The van der Waals surface area contributed by atoms with Gasteiger partial charge in [-0.3, -0.25) is 4.79 Å². The van der Waals surface area contributed by atoms with Crippen LogP contribution in [0.15, 0.2) is 59.5 Å². The van der Waals surface area contributed by atoms with Gasteiger partial charge in [0.15, 0.2) is 0 Å². The molecule has 1 aliphatic rings. The van der Waals surface area contributed by atoms with E-state index in [0.717, 1.165) is 22.0 Å². The fourth-order valence-corrected chi connectivity index (χ4v) is 4.36. The van der Waals surface area contributed by atoms with Gasteiger partial charge in [-0.15, -0.1) is 0 Å². The number of nitrogens with zero attached hydrogens (tertiary/aromatic N) is 1. The van der Waals surface area contributed by atoms with Crippen LogP contribution in [0.25, 0.3) is 0 Å². The number of carbonyl (C=O) groups excluding carboxylic acids is 1. The lowest BCUT2D eigenvalue weighted by Gasteiger charge is -2.20. The monoisotopic (exact) mass is 380 g/mol. The Bertz CT molecular complexity index is 906. The number of hydrogen-bond donors (Lipinski definition) is 1. The fourth-order valence-electron chi connectivity index (χ4n) is 2.84. The van der Waals surface area contributed by atoms with Gasteiger partial charge < -0.3 is 5.32 Å². The Morgan fingerprint density at radius 1 is 1.15 bits per heavy atom. The van der Waals surface area contributed by atoms with E-state index in [4.69, 9.17) is 0 Å². The maximum Gasteiger partial charge on any atom is 0.259 e. The maximum atomic E-state index is 15.0. The van der Waals surface area contributed by atoms with Crippen molar-refractivity contribution in [3.63, 3.8) is 0 Å². The zero-order valence-corrected chi connectivity index (χ0v) is 14.7. The number of sulfonamides is 1. The topological polar surface area (TPSA) is 66.5 Å². The van der Waals surface area contributed by atoms with E-state index in [9.17, 15) is 22.0 Å². The molecule has 1 heterocycles. The molecule has 1 saturated heterocycles. The molecule has 138 valence electrons. The third-order valence-electron chi connectivity index (χ3n) is 4.32. The quantitative estimate of drug-likeness (QED) is 0.865. The summed E-state index contributed by atoms with van der Waals surface area (Å²) in [5, 5.41) is 2.51. The largest absolute Gasteiger partial charge is 0.349 e. The number of hydrogen-bond acceptors (Lipinski definition) is 3. The van der Waals surface area contributed by atoms with Crippen molar-refractivity contribution in [1.29, 1.82) is 0 Å². The van der Waals surface area contributed by atoms with Gasteiger partial charge in [-0.25, -0.2) is 17.2 Å². The molecule has 3 rings (SSSR count). The Morgan fingerprint density at radius 3 is 2.58 bits per heavy atom. The lowest BCUT2D eigenvalue weighted by molar-refractivity contribution is -0.132. The van der Waals surface area contributed by atoms with Crippen LogP contribution in [-0.2, 0) is 21.4 Å². The Hall–Kier alpha value is -2.32. The molecule has 0 bridgehead atoms. The summed E-state index contributed by atoms with van der Waals surface area (Å²) in [6.45, 7) is -0.581. The van der Waals surface area contributed by atoms with Gasteiger partial charge in [0.2, 0.25) is 15.7 Å². The van der Waals surface area contributed by atoms with Gasteiger partial charge in [-0.1, -0.05) is 36.4 Å². The number of carbonyl (C=O) groups is 1. The summed E-state index contributed by atoms with van der Waals surface area (Å²) in [6.07, 6.45) is -0.248. The van der Waals surface area contributed by atoms with Crippen LogP contribution >= 0.6 is 0 Å². The number of nitrogens with one attached hydrogen (secondary N) is 1. The van der Waals surface area contributed by atoms with Crippen LogP contribution in [0.1, 0.15) is 12.0 Å². The molecule has 8 heteroatoms. The fraction of sp³-hybridized carbons (Fsp3) is 0.278. The molecular formula is C18H18F2N2O3S. The molecule has 1 fully saturated rings. The van der Waals surface area contributed by atoms with E-state index < -0.39 is 34.0 Å². The van der Waals surface area contributed by atoms with Crippen molar-refractivity contribution in [1.82, 2.24) is 9.62 Å². The molecule has 1 N–H and O–H groups in total. The number of alkyl halides is 1. The predicted molar refractivity (Wildman–Crippen MR) is 91.9 cm³/mol. The van der Waals surface area contributed by atoms with E-state index in [-0.39, 0.29) is 24.4 Å². The van der Waals surface area contributed by atoms with E-state index in [1.165, 1.54) is 12.1 Å². The first-order valence-electron chi connectivity index (χ1n) is 8.08. The molecule has 0 aliphatic carbocycles. The highest BCUT2D eigenvalue weighted by atomic mass is 32.2. The Labute approximate surface area is 150 Å². The lowest BCUT2D eigenvalue weighted by Crippen LogP contribution is -2.45. The highest BCUT2D eigenvalue weighted by molar-refractivity contribution is 7.89. The van der Waals surface area contributed by atoms with E-state index in [2.05, 4.69) is 5.32 Å². The minimum absolute atomic E-state index is 0.145. The lowest BCUT2D eigenvalue weighted by atomic mass is 10.0. The van der Waals surface area contributed by atoms with Gasteiger partial charge in [0.1, 0.15) is 5.82 Å². The van der Waals surface area contributed by atoms with E-state index in [1.54, 1.807) is 24.3 Å². The maximum absolute atomic E-state index is 15.0. The van der Waals surface area contributed by atoms with Crippen LogP contribution in [0.4, 0.5) is 8.78 Å². The SMILES string of the molecule is O=C(NCc1ccccc1)C1(F)CCN(S(=O)(=O)c2cccc(F)c2)C1. The molecule has 1 aliphatic heterocycles. The number of benzene rings is 2. The van der Waals surface area contributed by atoms with Crippen molar-refractivity contribution in [3.8, 4) is 0 Å². The first-order chi connectivity index (χ1) is 12.3. The summed E-state index contributed by atoms with van der Waals surface area (Å²) >= 11 is 0. The van der Waals surface area contributed by atoms with Crippen LogP contribution in [0, 0.1) is 5.82 Å². The summed E-state index contributed by atoms with van der Waals surface area (Å²) in [6, 6.07) is 13.5. The molecule has 1 atom stereocenters. The van der Waals surface area contributed by atoms with Crippen LogP contribution < -0.4 is 5.32 Å². The highest BCUT2D eigenvalue weighted by Gasteiger charge is 2.48. The Balaban J connectivity index is 1.69. The summed E-state index contributed by atoms with van der Waals surface area (Å²) in [5.41, 5.74) is -1.50. The van der Waals surface area contributed by atoms with Crippen molar-refractivity contribution in [2.24, 2.45) is 0 Å². The molecule has 0 radical (unpaired) electrons. The van der Waals surface area contributed by atoms with Gasteiger partial charge in [-0.05, 0) is 23.8 Å². The van der Waals surface area contributed by atoms with Gasteiger partial charge in [0, 0.05) is 19.5 Å². The molecule has 26 heavy (non-hydrogen) atoms. The normalized spacial score (nSPS) is 20.8. The summed E-state index contributed by atoms with van der Waals surface area (Å²) in [4.78, 5) is 12.0. The number of halogens is 2. The zero-order valence-electron chi connectivity index (χ0n) is 13.9. The predicted octanol–water partition coefficient (Wildman–Crippen LogP) is 2.24. The minimum atomic E-state index is -4.06. The molecule has 1 unspecified atom stereocenters. The standard InChI is InChI=1S/C18H18F2N2O3S/c19-15-7-4-8-16(11-15)26(24,25)22-10-9-18(20,13-22)17(23)21-12-14-5-2-1-3-6-14/h1-8,11H,9-10,12-13H2,(H,21,23). The second kappa shape index (κ2) is 7.13. The average Bonchev–Trinajstić information content (AvgIpc) is 3.05. The van der Waals surface area contributed by atoms with E-state index >= 15 is 0 Å². The second-order valence-corrected chi connectivity index (χ2v) is 8.12. The summed E-state index contributed by atoms with van der Waals surface area (Å²) in [7, 11) is -4.06. The highest BCUT2D eigenvalue weighted by Crippen LogP contribution is 2.30. The first-order valence-corrected chi connectivity index (χ1v) is 9.52. The first kappa shape index (κ1) is 18.5.